The van der Waals surface area contributed by atoms with Crippen molar-refractivity contribution in [3.05, 3.63) is 52.8 Å². The Morgan fingerprint density at radius 1 is 1.12 bits per heavy atom. The summed E-state index contributed by atoms with van der Waals surface area (Å²) in [6.45, 7) is 11.9. The fraction of sp³-hybridized carbons (Fsp3) is 0.591. The van der Waals surface area contributed by atoms with Gasteiger partial charge in [0.2, 0.25) is 0 Å². The van der Waals surface area contributed by atoms with Gasteiger partial charge in [0.15, 0.2) is 0 Å². The van der Waals surface area contributed by atoms with E-state index in [1.54, 1.807) is 0 Å². The number of hydrogen-bond donors (Lipinski definition) is 1. The molecule has 0 aliphatic rings. The second kappa shape index (κ2) is 9.89. The average Bonchev–Trinajstić information content (AvgIpc) is 2.93. The van der Waals surface area contributed by atoms with E-state index in [9.17, 15) is 0 Å². The number of hydrogen-bond acceptors (Lipinski definition) is 3. The number of nitrogens with one attached hydrogen (secondary N) is 1. The maximum Gasteiger partial charge on any atom is 0.0669 e. The second-order valence-electron chi connectivity index (χ2n) is 7.62. The third kappa shape index (κ3) is 5.42. The molecule has 0 saturated heterocycles. The third-order valence-electron chi connectivity index (χ3n) is 5.18. The summed E-state index contributed by atoms with van der Waals surface area (Å²) in [4.78, 5) is 2.41. The molecular formula is C22H36N4. The number of aromatic nitrogens is 2. The van der Waals surface area contributed by atoms with E-state index in [2.05, 4.69) is 87.0 Å². The van der Waals surface area contributed by atoms with E-state index < -0.39 is 0 Å². The number of rotatable bonds is 10. The van der Waals surface area contributed by atoms with Crippen LogP contribution in [0.3, 0.4) is 0 Å². The van der Waals surface area contributed by atoms with E-state index in [0.29, 0.717) is 12.0 Å². The van der Waals surface area contributed by atoms with Gasteiger partial charge in [0.1, 0.15) is 0 Å². The zero-order valence-corrected chi connectivity index (χ0v) is 17.4. The molecule has 0 radical (unpaired) electrons. The molecule has 0 aliphatic carbocycles. The molecule has 2 aromatic rings. The smallest absolute Gasteiger partial charge is 0.0669 e. The molecule has 1 atom stereocenters. The Labute approximate surface area is 159 Å². The first-order valence-electron chi connectivity index (χ1n) is 9.95. The predicted octanol–water partition coefficient (Wildman–Crippen LogP) is 3.79. The molecule has 0 fully saturated rings. The summed E-state index contributed by atoms with van der Waals surface area (Å²) in [7, 11) is 4.28. The molecule has 0 saturated carbocycles. The number of aryl methyl sites for hydroxylation is 2. The van der Waals surface area contributed by atoms with Crippen molar-refractivity contribution in [3.63, 3.8) is 0 Å². The highest BCUT2D eigenvalue weighted by Gasteiger charge is 2.19. The van der Waals surface area contributed by atoms with Crippen molar-refractivity contribution in [2.45, 2.75) is 59.7 Å². The van der Waals surface area contributed by atoms with Gasteiger partial charge in [-0.2, -0.15) is 5.10 Å². The van der Waals surface area contributed by atoms with E-state index in [-0.39, 0.29) is 0 Å². The summed E-state index contributed by atoms with van der Waals surface area (Å²) in [5.74, 6) is 0.583. The van der Waals surface area contributed by atoms with Gasteiger partial charge < -0.3 is 10.2 Å². The van der Waals surface area contributed by atoms with Crippen LogP contribution < -0.4 is 5.32 Å². The molecule has 0 aliphatic heterocycles. The SMILES string of the molecule is CCc1nn(C)c(CC)c1CNC(CN(C)Cc1ccccc1)C(C)C. The highest BCUT2D eigenvalue weighted by Crippen LogP contribution is 2.16. The molecule has 1 heterocycles. The van der Waals surface area contributed by atoms with Crippen LogP contribution in [0.4, 0.5) is 0 Å². The molecular weight excluding hydrogens is 320 g/mol. The monoisotopic (exact) mass is 356 g/mol. The van der Waals surface area contributed by atoms with Crippen LogP contribution in [0.15, 0.2) is 30.3 Å². The van der Waals surface area contributed by atoms with Crippen molar-refractivity contribution in [2.24, 2.45) is 13.0 Å². The minimum absolute atomic E-state index is 0.457. The van der Waals surface area contributed by atoms with Gasteiger partial charge in [-0.1, -0.05) is 58.0 Å². The standard InChI is InChI=1S/C22H36N4/c1-7-20-19(22(8-2)26(6)24-20)14-23-21(17(3)4)16-25(5)15-18-12-10-9-11-13-18/h9-13,17,21,23H,7-8,14-16H2,1-6H3. The summed E-state index contributed by atoms with van der Waals surface area (Å²) >= 11 is 0. The fourth-order valence-electron chi connectivity index (χ4n) is 3.63. The maximum atomic E-state index is 4.71. The first-order valence-corrected chi connectivity index (χ1v) is 9.95. The largest absolute Gasteiger partial charge is 0.308 e. The Bertz CT molecular complexity index is 660. The molecule has 1 N–H and O–H groups in total. The quantitative estimate of drug-likeness (QED) is 0.703. The van der Waals surface area contributed by atoms with Crippen LogP contribution in [0.5, 0.6) is 0 Å². The van der Waals surface area contributed by atoms with Crippen LogP contribution in [0.1, 0.15) is 50.2 Å². The molecule has 0 amide bonds. The molecule has 4 heteroatoms. The molecule has 4 nitrogen and oxygen atoms in total. The van der Waals surface area contributed by atoms with Gasteiger partial charge in [-0.15, -0.1) is 0 Å². The first kappa shape index (κ1) is 20.7. The van der Waals surface area contributed by atoms with E-state index in [0.717, 1.165) is 32.5 Å². The van der Waals surface area contributed by atoms with Gasteiger partial charge in [-0.3, -0.25) is 4.68 Å². The van der Waals surface area contributed by atoms with Gasteiger partial charge in [-0.25, -0.2) is 0 Å². The molecule has 2 rings (SSSR count). The molecule has 1 aromatic heterocycles. The number of nitrogens with zero attached hydrogens (tertiary/aromatic N) is 3. The van der Waals surface area contributed by atoms with Gasteiger partial charge in [0.05, 0.1) is 5.69 Å². The lowest BCUT2D eigenvalue weighted by atomic mass is 10.0. The van der Waals surface area contributed by atoms with Crippen molar-refractivity contribution < 1.29 is 0 Å². The van der Waals surface area contributed by atoms with Crippen molar-refractivity contribution in [1.29, 1.82) is 0 Å². The lowest BCUT2D eigenvalue weighted by Crippen LogP contribution is -2.42. The summed E-state index contributed by atoms with van der Waals surface area (Å²) < 4.78 is 2.06. The summed E-state index contributed by atoms with van der Waals surface area (Å²) in [5, 5.41) is 8.53. The topological polar surface area (TPSA) is 33.1 Å². The van der Waals surface area contributed by atoms with Crippen LogP contribution in [-0.2, 0) is 33.0 Å². The zero-order valence-electron chi connectivity index (χ0n) is 17.4. The summed E-state index contributed by atoms with van der Waals surface area (Å²) in [6, 6.07) is 11.2. The van der Waals surface area contributed by atoms with E-state index in [4.69, 9.17) is 5.10 Å². The molecule has 26 heavy (non-hydrogen) atoms. The normalized spacial score (nSPS) is 12.9. The Morgan fingerprint density at radius 2 is 1.81 bits per heavy atom. The molecule has 0 spiro atoms. The maximum absolute atomic E-state index is 4.71. The van der Waals surface area contributed by atoms with E-state index in [1.807, 2.05) is 0 Å². The molecule has 1 aromatic carbocycles. The molecule has 144 valence electrons. The zero-order chi connectivity index (χ0) is 19.1. The van der Waals surface area contributed by atoms with Crippen LogP contribution >= 0.6 is 0 Å². The van der Waals surface area contributed by atoms with Crippen molar-refractivity contribution >= 4 is 0 Å². The lowest BCUT2D eigenvalue weighted by Gasteiger charge is -2.28. The van der Waals surface area contributed by atoms with Gasteiger partial charge in [0.25, 0.3) is 0 Å². The average molecular weight is 357 g/mol. The Hall–Kier alpha value is -1.65. The second-order valence-corrected chi connectivity index (χ2v) is 7.62. The minimum atomic E-state index is 0.457. The third-order valence-corrected chi connectivity index (χ3v) is 5.18. The summed E-state index contributed by atoms with van der Waals surface area (Å²) in [6.07, 6.45) is 2.02. The predicted molar refractivity (Wildman–Crippen MR) is 110 cm³/mol. The van der Waals surface area contributed by atoms with Crippen molar-refractivity contribution in [3.8, 4) is 0 Å². The minimum Gasteiger partial charge on any atom is -0.308 e. The fourth-order valence-corrected chi connectivity index (χ4v) is 3.63. The first-order chi connectivity index (χ1) is 12.5. The Balaban J connectivity index is 2.00. The number of likely N-dealkylation sites (N-methyl/N-ethyl adjacent to an activating group) is 1. The van der Waals surface area contributed by atoms with E-state index >= 15 is 0 Å². The molecule has 0 bridgehead atoms. The van der Waals surface area contributed by atoms with Crippen molar-refractivity contribution in [2.75, 3.05) is 13.6 Å². The van der Waals surface area contributed by atoms with Gasteiger partial charge in [-0.05, 0) is 31.4 Å². The van der Waals surface area contributed by atoms with Gasteiger partial charge in [0, 0.05) is 44.0 Å². The molecule has 1 unspecified atom stereocenters. The van der Waals surface area contributed by atoms with Crippen LogP contribution in [-0.4, -0.2) is 34.3 Å². The van der Waals surface area contributed by atoms with Crippen LogP contribution in [0.2, 0.25) is 0 Å². The summed E-state index contributed by atoms with van der Waals surface area (Å²) in [5.41, 5.74) is 5.35. The van der Waals surface area contributed by atoms with Crippen molar-refractivity contribution in [1.82, 2.24) is 20.0 Å². The highest BCUT2D eigenvalue weighted by atomic mass is 15.3. The van der Waals surface area contributed by atoms with E-state index in [1.165, 1.54) is 22.5 Å². The highest BCUT2D eigenvalue weighted by molar-refractivity contribution is 5.26. The van der Waals surface area contributed by atoms with Gasteiger partial charge >= 0.3 is 0 Å². The Morgan fingerprint density at radius 3 is 2.38 bits per heavy atom. The van der Waals surface area contributed by atoms with Crippen LogP contribution in [0.25, 0.3) is 0 Å². The van der Waals surface area contributed by atoms with Crippen LogP contribution in [0, 0.1) is 5.92 Å². The lowest BCUT2D eigenvalue weighted by molar-refractivity contribution is 0.247. The number of benzene rings is 1. The Kier molecular flexibility index (Phi) is 7.85.